The molecule has 0 spiro atoms. The van der Waals surface area contributed by atoms with Crippen LogP contribution in [0.25, 0.3) is 0 Å². The molecular weight excluding hydrogens is 418 g/mol. The molecule has 1 saturated carbocycles. The lowest BCUT2D eigenvalue weighted by Gasteiger charge is -2.22. The van der Waals surface area contributed by atoms with Crippen LogP contribution in [0.2, 0.25) is 0 Å². The first-order valence-electron chi connectivity index (χ1n) is 12.5. The Hall–Kier alpha value is -2.57. The Morgan fingerprint density at radius 3 is 2.09 bits per heavy atom. The largest absolute Gasteiger partial charge is 0.497 e. The molecule has 0 bridgehead atoms. The van der Waals surface area contributed by atoms with Gasteiger partial charge in [0, 0.05) is 18.2 Å². The maximum Gasteiger partial charge on any atom is 0.243 e. The van der Waals surface area contributed by atoms with Crippen LogP contribution in [0.5, 0.6) is 5.75 Å². The Morgan fingerprint density at radius 1 is 0.909 bits per heavy atom. The molecule has 0 heterocycles. The summed E-state index contributed by atoms with van der Waals surface area (Å²) in [4.78, 5) is 38.8. The molecule has 1 aromatic rings. The van der Waals surface area contributed by atoms with Gasteiger partial charge in [0.2, 0.25) is 17.7 Å². The lowest BCUT2D eigenvalue weighted by atomic mass is 10.1. The number of hydrogen-bond acceptors (Lipinski definition) is 4. The smallest absolute Gasteiger partial charge is 0.243 e. The molecule has 3 amide bonds. The lowest BCUT2D eigenvalue weighted by Crippen LogP contribution is -2.43. The van der Waals surface area contributed by atoms with Gasteiger partial charge in [-0.15, -0.1) is 0 Å². The average molecular weight is 460 g/mol. The van der Waals surface area contributed by atoms with Crippen molar-refractivity contribution in [1.82, 2.24) is 10.2 Å². The summed E-state index contributed by atoms with van der Waals surface area (Å²) in [5.74, 6) is 0.145. The van der Waals surface area contributed by atoms with Gasteiger partial charge < -0.3 is 20.3 Å². The van der Waals surface area contributed by atoms with Crippen LogP contribution < -0.4 is 15.4 Å². The highest BCUT2D eigenvalue weighted by molar-refractivity contribution is 5.95. The third-order valence-corrected chi connectivity index (χ3v) is 5.94. The van der Waals surface area contributed by atoms with Gasteiger partial charge in [-0.3, -0.25) is 14.4 Å². The van der Waals surface area contributed by atoms with Gasteiger partial charge in [-0.2, -0.15) is 0 Å². The Labute approximate surface area is 198 Å². The number of nitrogens with one attached hydrogen (secondary N) is 2. The Morgan fingerprint density at radius 2 is 1.52 bits per heavy atom. The Bertz CT molecular complexity index is 732. The molecule has 0 unspecified atom stereocenters. The second-order valence-corrected chi connectivity index (χ2v) is 8.88. The third-order valence-electron chi connectivity index (χ3n) is 5.94. The number of ether oxygens (including phenoxy) is 1. The van der Waals surface area contributed by atoms with Crippen molar-refractivity contribution < 1.29 is 19.1 Å². The van der Waals surface area contributed by atoms with E-state index in [-0.39, 0.29) is 36.9 Å². The molecule has 0 aromatic heterocycles. The normalized spacial score (nSPS) is 12.8. The van der Waals surface area contributed by atoms with Crippen molar-refractivity contribution in [3.8, 4) is 5.75 Å². The van der Waals surface area contributed by atoms with Crippen molar-refractivity contribution in [3.05, 3.63) is 24.3 Å². The summed E-state index contributed by atoms with van der Waals surface area (Å²) in [6.07, 6.45) is 13.3. The number of carbonyl (C=O) groups excluding carboxylic acids is 3. The van der Waals surface area contributed by atoms with Crippen molar-refractivity contribution in [2.24, 2.45) is 0 Å². The molecule has 7 nitrogen and oxygen atoms in total. The standard InChI is InChI=1S/C26H41N3O4/c1-3-4-5-6-7-8-9-10-11-12-26(32)29(22-15-16-22)20-25(31)27-19-24(30)28-21-13-17-23(33-2)18-14-21/h13-14,17-18,22H,3-12,15-16,19-20H2,1-2H3,(H,27,31)(H,28,30). The van der Waals surface area contributed by atoms with Gasteiger partial charge >= 0.3 is 0 Å². The van der Waals surface area contributed by atoms with Crippen molar-refractivity contribution in [2.75, 3.05) is 25.5 Å². The zero-order chi connectivity index (χ0) is 23.9. The van der Waals surface area contributed by atoms with Gasteiger partial charge in [0.15, 0.2) is 0 Å². The number of nitrogens with zero attached hydrogens (tertiary/aromatic N) is 1. The van der Waals surface area contributed by atoms with E-state index in [1.54, 1.807) is 36.3 Å². The molecule has 0 saturated heterocycles. The monoisotopic (exact) mass is 459 g/mol. The van der Waals surface area contributed by atoms with Gasteiger partial charge in [-0.05, 0) is 43.5 Å². The minimum absolute atomic E-state index is 0.0245. The first-order valence-corrected chi connectivity index (χ1v) is 12.5. The van der Waals surface area contributed by atoms with Crippen LogP contribution in [0.4, 0.5) is 5.69 Å². The van der Waals surface area contributed by atoms with Gasteiger partial charge in [-0.1, -0.05) is 58.3 Å². The first kappa shape index (κ1) is 26.7. The SMILES string of the molecule is CCCCCCCCCCCC(=O)N(CC(=O)NCC(=O)Nc1ccc(OC)cc1)C1CC1. The zero-order valence-electron chi connectivity index (χ0n) is 20.4. The Kier molecular flexibility index (Phi) is 12.4. The number of anilines is 1. The van der Waals surface area contributed by atoms with Gasteiger partial charge in [0.1, 0.15) is 5.75 Å². The fourth-order valence-corrected chi connectivity index (χ4v) is 3.81. The number of amides is 3. The van der Waals surface area contributed by atoms with Crippen molar-refractivity contribution >= 4 is 23.4 Å². The van der Waals surface area contributed by atoms with Crippen LogP contribution >= 0.6 is 0 Å². The van der Waals surface area contributed by atoms with E-state index in [1.165, 1.54) is 44.9 Å². The fraction of sp³-hybridized carbons (Fsp3) is 0.654. The summed E-state index contributed by atoms with van der Waals surface area (Å²) in [5.41, 5.74) is 0.630. The molecule has 0 radical (unpaired) electrons. The lowest BCUT2D eigenvalue weighted by molar-refractivity contribution is -0.136. The quantitative estimate of drug-likeness (QED) is 0.332. The number of rotatable bonds is 17. The van der Waals surface area contributed by atoms with Gasteiger partial charge in [-0.25, -0.2) is 0 Å². The Balaban J connectivity index is 1.62. The summed E-state index contributed by atoms with van der Waals surface area (Å²) in [7, 11) is 1.58. The second-order valence-electron chi connectivity index (χ2n) is 8.88. The van der Waals surface area contributed by atoms with E-state index in [0.29, 0.717) is 17.9 Å². The summed E-state index contributed by atoms with van der Waals surface area (Å²) in [5, 5.41) is 5.36. The molecule has 1 aromatic carbocycles. The number of unbranched alkanes of at least 4 members (excludes halogenated alkanes) is 8. The van der Waals surface area contributed by atoms with Crippen molar-refractivity contribution in [2.45, 2.75) is 90.0 Å². The number of hydrogen-bond donors (Lipinski definition) is 2. The van der Waals surface area contributed by atoms with Gasteiger partial charge in [0.05, 0.1) is 20.2 Å². The van der Waals surface area contributed by atoms with E-state index >= 15 is 0 Å². The topological polar surface area (TPSA) is 87.7 Å². The van der Waals surface area contributed by atoms with Crippen LogP contribution in [0.3, 0.4) is 0 Å². The summed E-state index contributed by atoms with van der Waals surface area (Å²) in [6.45, 7) is 2.12. The highest BCUT2D eigenvalue weighted by atomic mass is 16.5. The van der Waals surface area contributed by atoms with E-state index in [9.17, 15) is 14.4 Å². The molecule has 33 heavy (non-hydrogen) atoms. The first-order chi connectivity index (χ1) is 16.0. The van der Waals surface area contributed by atoms with Crippen LogP contribution in [0, 0.1) is 0 Å². The van der Waals surface area contributed by atoms with E-state index in [2.05, 4.69) is 17.6 Å². The van der Waals surface area contributed by atoms with E-state index in [0.717, 1.165) is 25.7 Å². The van der Waals surface area contributed by atoms with Gasteiger partial charge in [0.25, 0.3) is 0 Å². The summed E-state index contributed by atoms with van der Waals surface area (Å²) in [6, 6.07) is 7.15. The van der Waals surface area contributed by atoms with Crippen LogP contribution in [0.15, 0.2) is 24.3 Å². The maximum absolute atomic E-state index is 12.7. The van der Waals surface area contributed by atoms with Crippen LogP contribution in [0.1, 0.15) is 84.0 Å². The highest BCUT2D eigenvalue weighted by Gasteiger charge is 2.33. The number of carbonyl (C=O) groups is 3. The van der Waals surface area contributed by atoms with Crippen LogP contribution in [-0.2, 0) is 14.4 Å². The maximum atomic E-state index is 12.7. The predicted molar refractivity (Wildman–Crippen MR) is 131 cm³/mol. The second kappa shape index (κ2) is 15.3. The van der Waals surface area contributed by atoms with E-state index < -0.39 is 0 Å². The van der Waals surface area contributed by atoms with E-state index in [4.69, 9.17) is 4.74 Å². The average Bonchev–Trinajstić information content (AvgIpc) is 3.66. The molecule has 1 aliphatic carbocycles. The molecule has 0 aliphatic heterocycles. The summed E-state index contributed by atoms with van der Waals surface area (Å²) < 4.78 is 5.09. The van der Waals surface area contributed by atoms with Crippen LogP contribution in [-0.4, -0.2) is 48.9 Å². The fourth-order valence-electron chi connectivity index (χ4n) is 3.81. The molecule has 0 atom stereocenters. The highest BCUT2D eigenvalue weighted by Crippen LogP contribution is 2.27. The van der Waals surface area contributed by atoms with Crippen molar-refractivity contribution in [3.63, 3.8) is 0 Å². The molecule has 184 valence electrons. The molecule has 1 fully saturated rings. The van der Waals surface area contributed by atoms with E-state index in [1.807, 2.05) is 0 Å². The predicted octanol–water partition coefficient (Wildman–Crippen LogP) is 4.66. The van der Waals surface area contributed by atoms with Crippen molar-refractivity contribution in [1.29, 1.82) is 0 Å². The molecule has 1 aliphatic rings. The molecular formula is C26H41N3O4. The number of methoxy groups -OCH3 is 1. The zero-order valence-corrected chi connectivity index (χ0v) is 20.4. The minimum atomic E-state index is -0.312. The molecule has 7 heteroatoms. The number of benzene rings is 1. The molecule has 2 rings (SSSR count). The third kappa shape index (κ3) is 11.2. The minimum Gasteiger partial charge on any atom is -0.497 e. The molecule has 2 N–H and O–H groups in total. The summed E-state index contributed by atoms with van der Waals surface area (Å²) >= 11 is 0.